The van der Waals surface area contributed by atoms with Gasteiger partial charge in [-0.25, -0.2) is 13.1 Å². The molecule has 28 heavy (non-hydrogen) atoms. The molecule has 1 amide bonds. The van der Waals surface area contributed by atoms with Crippen LogP contribution >= 0.6 is 0 Å². The average molecular weight is 401 g/mol. The number of hydrogen-bond acceptors (Lipinski definition) is 6. The first-order chi connectivity index (χ1) is 13.4. The van der Waals surface area contributed by atoms with E-state index in [0.717, 1.165) is 0 Å². The molecule has 9 heteroatoms. The lowest BCUT2D eigenvalue weighted by molar-refractivity contribution is -0.111. The average Bonchev–Trinajstić information content (AvgIpc) is 2.71. The van der Waals surface area contributed by atoms with Crippen molar-refractivity contribution in [3.63, 3.8) is 0 Å². The summed E-state index contributed by atoms with van der Waals surface area (Å²) in [6, 6.07) is 12.7. The van der Waals surface area contributed by atoms with Crippen LogP contribution in [0.4, 0.5) is 5.69 Å². The van der Waals surface area contributed by atoms with Crippen molar-refractivity contribution in [3.05, 3.63) is 54.1 Å². The fourth-order valence-electron chi connectivity index (χ4n) is 2.21. The second-order valence-electron chi connectivity index (χ2n) is 5.41. The van der Waals surface area contributed by atoms with Crippen LogP contribution in [0.1, 0.15) is 5.56 Å². The molecular formula is C19H19N3O5S. The van der Waals surface area contributed by atoms with Gasteiger partial charge in [0.05, 0.1) is 12.0 Å². The van der Waals surface area contributed by atoms with Gasteiger partial charge in [0.1, 0.15) is 6.07 Å². The van der Waals surface area contributed by atoms with E-state index in [1.54, 1.807) is 24.3 Å². The van der Waals surface area contributed by atoms with Crippen LogP contribution in [-0.4, -0.2) is 35.1 Å². The van der Waals surface area contributed by atoms with Gasteiger partial charge in [-0.3, -0.25) is 4.79 Å². The molecule has 0 spiro atoms. The number of methoxy groups -OCH3 is 1. The molecule has 0 aliphatic rings. The van der Waals surface area contributed by atoms with E-state index in [1.807, 2.05) is 6.07 Å². The Morgan fingerprint density at radius 2 is 1.89 bits per heavy atom. The monoisotopic (exact) mass is 401 g/mol. The lowest BCUT2D eigenvalue weighted by Crippen LogP contribution is -2.18. The maximum Gasteiger partial charge on any atom is 0.248 e. The van der Waals surface area contributed by atoms with Gasteiger partial charge in [-0.1, -0.05) is 6.07 Å². The number of benzene rings is 2. The standard InChI is InChI=1S/C19H19N3O5S/c1-21-28(24,25)16-7-5-15(6-8-16)22-19(23)10-4-14-3-9-17(27-12-11-20)18(13-14)26-2/h3-10,13,21H,12H2,1-2H3,(H,22,23)/b10-4+. The van der Waals surface area contributed by atoms with Crippen LogP contribution in [-0.2, 0) is 14.8 Å². The van der Waals surface area contributed by atoms with E-state index in [1.165, 1.54) is 44.5 Å². The van der Waals surface area contributed by atoms with Crippen LogP contribution in [0.2, 0.25) is 0 Å². The number of carbonyl (C=O) groups is 1. The Morgan fingerprint density at radius 3 is 2.50 bits per heavy atom. The van der Waals surface area contributed by atoms with Gasteiger partial charge in [0.15, 0.2) is 18.1 Å². The SMILES string of the molecule is CNS(=O)(=O)c1ccc(NC(=O)/C=C/c2ccc(OCC#N)c(OC)c2)cc1. The van der Waals surface area contributed by atoms with Crippen LogP contribution < -0.4 is 19.5 Å². The van der Waals surface area contributed by atoms with Crippen molar-refractivity contribution >= 4 is 27.7 Å². The first-order valence-electron chi connectivity index (χ1n) is 8.10. The minimum Gasteiger partial charge on any atom is -0.493 e. The molecule has 0 bridgehead atoms. The molecule has 0 heterocycles. The zero-order valence-electron chi connectivity index (χ0n) is 15.3. The zero-order valence-corrected chi connectivity index (χ0v) is 16.1. The summed E-state index contributed by atoms with van der Waals surface area (Å²) in [5.74, 6) is 0.495. The number of amides is 1. The van der Waals surface area contributed by atoms with Gasteiger partial charge < -0.3 is 14.8 Å². The number of nitriles is 1. The lowest BCUT2D eigenvalue weighted by atomic mass is 10.2. The third kappa shape index (κ3) is 5.57. The Morgan fingerprint density at radius 1 is 1.18 bits per heavy atom. The van der Waals surface area contributed by atoms with Crippen LogP contribution in [0, 0.1) is 11.3 Å². The second kappa shape index (κ2) is 9.55. The molecule has 2 aromatic carbocycles. The number of sulfonamides is 1. The van der Waals surface area contributed by atoms with Crippen molar-refractivity contribution in [2.45, 2.75) is 4.90 Å². The highest BCUT2D eigenvalue weighted by Gasteiger charge is 2.10. The predicted octanol–water partition coefficient (Wildman–Crippen LogP) is 2.16. The van der Waals surface area contributed by atoms with E-state index in [0.29, 0.717) is 22.7 Å². The minimum absolute atomic E-state index is 0.0949. The number of nitrogens with zero attached hydrogens (tertiary/aromatic N) is 1. The topological polar surface area (TPSA) is 118 Å². The molecule has 0 aromatic heterocycles. The van der Waals surface area contributed by atoms with Gasteiger partial charge >= 0.3 is 0 Å². The predicted molar refractivity (Wildman–Crippen MR) is 104 cm³/mol. The maximum atomic E-state index is 12.1. The smallest absolute Gasteiger partial charge is 0.248 e. The largest absolute Gasteiger partial charge is 0.493 e. The molecule has 0 unspecified atom stereocenters. The summed E-state index contributed by atoms with van der Waals surface area (Å²) in [7, 11) is -0.717. The molecule has 0 atom stereocenters. The molecular weight excluding hydrogens is 382 g/mol. The number of rotatable bonds is 8. The van der Waals surface area contributed by atoms with Gasteiger partial charge in [0.25, 0.3) is 0 Å². The fraction of sp³-hybridized carbons (Fsp3) is 0.158. The molecule has 0 saturated heterocycles. The van der Waals surface area contributed by atoms with Crippen LogP contribution in [0.3, 0.4) is 0 Å². The summed E-state index contributed by atoms with van der Waals surface area (Å²) >= 11 is 0. The first-order valence-corrected chi connectivity index (χ1v) is 9.58. The summed E-state index contributed by atoms with van der Waals surface area (Å²) in [5.41, 5.74) is 1.16. The Kier molecular flexibility index (Phi) is 7.14. The van der Waals surface area contributed by atoms with E-state index in [2.05, 4.69) is 10.0 Å². The summed E-state index contributed by atoms with van der Waals surface area (Å²) in [6.45, 7) is -0.0949. The summed E-state index contributed by atoms with van der Waals surface area (Å²) in [5, 5.41) is 11.2. The second-order valence-corrected chi connectivity index (χ2v) is 7.30. The molecule has 146 valence electrons. The van der Waals surface area contributed by atoms with Gasteiger partial charge in [-0.2, -0.15) is 5.26 Å². The molecule has 2 aromatic rings. The Hall–Kier alpha value is -3.35. The Labute approximate surface area is 163 Å². The molecule has 2 N–H and O–H groups in total. The van der Waals surface area contributed by atoms with Gasteiger partial charge in [0, 0.05) is 11.8 Å². The molecule has 0 aliphatic carbocycles. The number of ether oxygens (including phenoxy) is 2. The molecule has 0 fully saturated rings. The highest BCUT2D eigenvalue weighted by molar-refractivity contribution is 7.89. The van der Waals surface area contributed by atoms with Crippen LogP contribution in [0.15, 0.2) is 53.4 Å². The highest BCUT2D eigenvalue weighted by Crippen LogP contribution is 2.28. The van der Waals surface area contributed by atoms with E-state index in [-0.39, 0.29) is 17.4 Å². The molecule has 0 radical (unpaired) electrons. The maximum absolute atomic E-state index is 12.1. The van der Waals surface area contributed by atoms with Crippen molar-refractivity contribution < 1.29 is 22.7 Å². The number of nitrogens with one attached hydrogen (secondary N) is 2. The quantitative estimate of drug-likeness (QED) is 0.655. The van der Waals surface area contributed by atoms with Crippen LogP contribution in [0.5, 0.6) is 11.5 Å². The summed E-state index contributed by atoms with van der Waals surface area (Å²) < 4.78 is 36.0. The number of carbonyl (C=O) groups excluding carboxylic acids is 1. The number of anilines is 1. The molecule has 0 saturated carbocycles. The van der Waals surface area contributed by atoms with Gasteiger partial charge in [-0.05, 0) is 55.1 Å². The van der Waals surface area contributed by atoms with Gasteiger partial charge in [0.2, 0.25) is 15.9 Å². The van der Waals surface area contributed by atoms with E-state index in [4.69, 9.17) is 14.7 Å². The summed E-state index contributed by atoms with van der Waals surface area (Å²) in [4.78, 5) is 12.2. The first kappa shape index (κ1) is 21.0. The zero-order chi connectivity index (χ0) is 20.6. The Balaban J connectivity index is 2.04. The van der Waals surface area contributed by atoms with Crippen molar-refractivity contribution in [1.82, 2.24) is 4.72 Å². The van der Waals surface area contributed by atoms with Crippen molar-refractivity contribution in [1.29, 1.82) is 5.26 Å². The van der Waals surface area contributed by atoms with Crippen molar-refractivity contribution in [3.8, 4) is 17.6 Å². The normalized spacial score (nSPS) is 11.0. The highest BCUT2D eigenvalue weighted by atomic mass is 32.2. The third-order valence-electron chi connectivity index (χ3n) is 3.61. The minimum atomic E-state index is -3.52. The lowest BCUT2D eigenvalue weighted by Gasteiger charge is -2.08. The third-order valence-corrected chi connectivity index (χ3v) is 5.04. The molecule has 0 aliphatic heterocycles. The number of hydrogen-bond donors (Lipinski definition) is 2. The molecule has 8 nitrogen and oxygen atoms in total. The van der Waals surface area contributed by atoms with Gasteiger partial charge in [-0.15, -0.1) is 0 Å². The van der Waals surface area contributed by atoms with Crippen molar-refractivity contribution in [2.75, 3.05) is 26.1 Å². The Bertz CT molecular complexity index is 1010. The van der Waals surface area contributed by atoms with Crippen LogP contribution in [0.25, 0.3) is 6.08 Å². The van der Waals surface area contributed by atoms with E-state index in [9.17, 15) is 13.2 Å². The van der Waals surface area contributed by atoms with E-state index >= 15 is 0 Å². The fourth-order valence-corrected chi connectivity index (χ4v) is 2.94. The summed E-state index contributed by atoms with van der Waals surface area (Å²) in [6.07, 6.45) is 2.93. The van der Waals surface area contributed by atoms with Crippen molar-refractivity contribution in [2.24, 2.45) is 0 Å². The van der Waals surface area contributed by atoms with E-state index < -0.39 is 10.0 Å². The molecule has 2 rings (SSSR count).